The molecule has 0 atom stereocenters. The second kappa shape index (κ2) is 5.09. The van der Waals surface area contributed by atoms with Gasteiger partial charge in [-0.25, -0.2) is 0 Å². The van der Waals surface area contributed by atoms with Crippen LogP contribution in [0.25, 0.3) is 10.9 Å². The fourth-order valence-electron chi connectivity index (χ4n) is 2.32. The number of carbonyl (C=O) groups is 1. The Balaban J connectivity index is 2.08. The Bertz CT molecular complexity index is 674. The largest absolute Gasteiger partial charge is 0.337 e. The minimum absolute atomic E-state index is 0.0393. The van der Waals surface area contributed by atoms with Gasteiger partial charge in [-0.2, -0.15) is 11.8 Å². The van der Waals surface area contributed by atoms with Crippen LogP contribution in [-0.2, 0) is 0 Å². The number of aromatic amines is 1. The molecule has 0 aliphatic carbocycles. The van der Waals surface area contributed by atoms with Crippen LogP contribution in [0.3, 0.4) is 0 Å². The molecule has 0 saturated carbocycles. The van der Waals surface area contributed by atoms with Crippen LogP contribution >= 0.6 is 11.8 Å². The Hall–Kier alpha value is -1.75. The van der Waals surface area contributed by atoms with E-state index in [-0.39, 0.29) is 11.5 Å². The van der Waals surface area contributed by atoms with E-state index >= 15 is 0 Å². The lowest BCUT2D eigenvalue weighted by molar-refractivity contribution is 0.0774. The molecule has 1 N–H and O–H groups in total. The second-order valence-corrected chi connectivity index (χ2v) is 5.72. The van der Waals surface area contributed by atoms with Crippen LogP contribution in [-0.4, -0.2) is 40.4 Å². The summed E-state index contributed by atoms with van der Waals surface area (Å²) >= 11 is 1.86. The molecule has 0 spiro atoms. The lowest BCUT2D eigenvalue weighted by atomic mass is 10.1. The predicted octanol–water partition coefficient (Wildman–Crippen LogP) is 1.72. The molecule has 4 nitrogen and oxygen atoms in total. The molecule has 1 aromatic heterocycles. The van der Waals surface area contributed by atoms with Crippen molar-refractivity contribution in [2.24, 2.45) is 0 Å². The van der Waals surface area contributed by atoms with E-state index < -0.39 is 0 Å². The average Bonchev–Trinajstić information content (AvgIpc) is 2.46. The molecule has 5 heteroatoms. The Labute approximate surface area is 114 Å². The van der Waals surface area contributed by atoms with E-state index in [0.717, 1.165) is 30.0 Å². The number of amides is 1. The van der Waals surface area contributed by atoms with Crippen molar-refractivity contribution in [2.75, 3.05) is 24.6 Å². The van der Waals surface area contributed by atoms with Gasteiger partial charge in [0.15, 0.2) is 0 Å². The summed E-state index contributed by atoms with van der Waals surface area (Å²) in [6, 6.07) is 8.83. The zero-order valence-corrected chi connectivity index (χ0v) is 11.2. The first-order valence-corrected chi connectivity index (χ1v) is 7.40. The molecular formula is C14H14N2O2S. The Morgan fingerprint density at radius 2 is 1.95 bits per heavy atom. The lowest BCUT2D eigenvalue weighted by Gasteiger charge is -2.26. The molecule has 0 radical (unpaired) electrons. The fraction of sp³-hybridized carbons (Fsp3) is 0.286. The first-order chi connectivity index (χ1) is 9.25. The monoisotopic (exact) mass is 274 g/mol. The van der Waals surface area contributed by atoms with Gasteiger partial charge in [-0.15, -0.1) is 0 Å². The molecule has 1 amide bonds. The zero-order valence-electron chi connectivity index (χ0n) is 10.4. The van der Waals surface area contributed by atoms with Crippen LogP contribution in [0.1, 0.15) is 10.4 Å². The third kappa shape index (κ3) is 2.38. The minimum atomic E-state index is -0.228. The highest BCUT2D eigenvalue weighted by molar-refractivity contribution is 7.99. The number of H-pyrrole nitrogens is 1. The number of para-hydroxylation sites is 1. The number of hydrogen-bond donors (Lipinski definition) is 1. The Kier molecular flexibility index (Phi) is 3.29. The number of rotatable bonds is 1. The van der Waals surface area contributed by atoms with Crippen LogP contribution in [0.2, 0.25) is 0 Å². The second-order valence-electron chi connectivity index (χ2n) is 4.50. The standard InChI is InChI=1S/C14H14N2O2S/c17-13-9-11(10-3-1-2-4-12(10)15-13)14(18)16-5-7-19-8-6-16/h1-4,9H,5-8H2,(H,15,17). The summed E-state index contributed by atoms with van der Waals surface area (Å²) in [6.45, 7) is 1.51. The van der Waals surface area contributed by atoms with Crippen LogP contribution in [0.15, 0.2) is 35.1 Å². The maximum Gasteiger partial charge on any atom is 0.254 e. The molecule has 0 bridgehead atoms. The van der Waals surface area contributed by atoms with E-state index in [2.05, 4.69) is 4.98 Å². The molecule has 98 valence electrons. The number of nitrogens with zero attached hydrogens (tertiary/aromatic N) is 1. The number of aromatic nitrogens is 1. The minimum Gasteiger partial charge on any atom is -0.337 e. The Morgan fingerprint density at radius 3 is 2.74 bits per heavy atom. The van der Waals surface area contributed by atoms with Crippen LogP contribution < -0.4 is 5.56 Å². The highest BCUT2D eigenvalue weighted by atomic mass is 32.2. The van der Waals surface area contributed by atoms with Crippen molar-refractivity contribution in [2.45, 2.75) is 0 Å². The Morgan fingerprint density at radius 1 is 1.21 bits per heavy atom. The molecule has 1 saturated heterocycles. The molecule has 1 aliphatic rings. The number of thioether (sulfide) groups is 1. The van der Waals surface area contributed by atoms with Gasteiger partial charge in [0.1, 0.15) is 0 Å². The topological polar surface area (TPSA) is 53.2 Å². The van der Waals surface area contributed by atoms with Crippen molar-refractivity contribution in [1.29, 1.82) is 0 Å². The van der Waals surface area contributed by atoms with Gasteiger partial charge in [0.05, 0.1) is 5.56 Å². The van der Waals surface area contributed by atoms with Gasteiger partial charge in [-0.1, -0.05) is 18.2 Å². The summed E-state index contributed by atoms with van der Waals surface area (Å²) < 4.78 is 0. The molecule has 1 aromatic carbocycles. The van der Waals surface area contributed by atoms with Gasteiger partial charge in [0, 0.05) is 41.6 Å². The van der Waals surface area contributed by atoms with Gasteiger partial charge in [-0.05, 0) is 6.07 Å². The predicted molar refractivity (Wildman–Crippen MR) is 77.8 cm³/mol. The third-order valence-electron chi connectivity index (χ3n) is 3.28. The lowest BCUT2D eigenvalue weighted by Crippen LogP contribution is -2.38. The first kappa shape index (κ1) is 12.3. The maximum atomic E-state index is 12.5. The van der Waals surface area contributed by atoms with Crippen molar-refractivity contribution in [3.63, 3.8) is 0 Å². The molecule has 1 aliphatic heterocycles. The summed E-state index contributed by atoms with van der Waals surface area (Å²) in [5, 5.41) is 0.810. The molecule has 2 heterocycles. The summed E-state index contributed by atoms with van der Waals surface area (Å²) in [5.74, 6) is 1.89. The van der Waals surface area contributed by atoms with Crippen LogP contribution in [0.4, 0.5) is 0 Å². The number of nitrogens with one attached hydrogen (secondary N) is 1. The smallest absolute Gasteiger partial charge is 0.254 e. The normalized spacial score (nSPS) is 15.7. The van der Waals surface area contributed by atoms with E-state index in [9.17, 15) is 9.59 Å². The number of benzene rings is 1. The van der Waals surface area contributed by atoms with Crippen molar-refractivity contribution in [1.82, 2.24) is 9.88 Å². The molecule has 1 fully saturated rings. The summed E-state index contributed by atoms with van der Waals surface area (Å²) in [6.07, 6.45) is 0. The van der Waals surface area contributed by atoms with Crippen molar-refractivity contribution < 1.29 is 4.79 Å². The SMILES string of the molecule is O=C(c1cc(=O)[nH]c2ccccc12)N1CCSCC1. The summed E-state index contributed by atoms with van der Waals surface area (Å²) in [4.78, 5) is 28.8. The summed E-state index contributed by atoms with van der Waals surface area (Å²) in [7, 11) is 0. The number of carbonyl (C=O) groups excluding carboxylic acids is 1. The van der Waals surface area contributed by atoms with Gasteiger partial charge in [-0.3, -0.25) is 9.59 Å². The molecular weight excluding hydrogens is 260 g/mol. The van der Waals surface area contributed by atoms with Crippen molar-refractivity contribution in [3.8, 4) is 0 Å². The summed E-state index contributed by atoms with van der Waals surface area (Å²) in [5.41, 5.74) is 0.990. The number of fused-ring (bicyclic) bond motifs is 1. The van der Waals surface area contributed by atoms with Crippen molar-refractivity contribution in [3.05, 3.63) is 46.2 Å². The first-order valence-electron chi connectivity index (χ1n) is 6.25. The van der Waals surface area contributed by atoms with E-state index in [1.165, 1.54) is 6.07 Å². The molecule has 19 heavy (non-hydrogen) atoms. The average molecular weight is 274 g/mol. The van der Waals surface area contributed by atoms with Gasteiger partial charge in [0.25, 0.3) is 5.91 Å². The van der Waals surface area contributed by atoms with Crippen LogP contribution in [0, 0.1) is 0 Å². The quantitative estimate of drug-likeness (QED) is 0.861. The van der Waals surface area contributed by atoms with Crippen LogP contribution in [0.5, 0.6) is 0 Å². The molecule has 0 unspecified atom stereocenters. The van der Waals surface area contributed by atoms with Crippen molar-refractivity contribution >= 4 is 28.6 Å². The zero-order chi connectivity index (χ0) is 13.2. The number of hydrogen-bond acceptors (Lipinski definition) is 3. The molecule has 3 rings (SSSR count). The highest BCUT2D eigenvalue weighted by Crippen LogP contribution is 2.18. The van der Waals surface area contributed by atoms with E-state index in [1.54, 1.807) is 0 Å². The maximum absolute atomic E-state index is 12.5. The third-order valence-corrected chi connectivity index (χ3v) is 4.22. The number of pyridine rings is 1. The van der Waals surface area contributed by atoms with Gasteiger partial charge >= 0.3 is 0 Å². The van der Waals surface area contributed by atoms with Gasteiger partial charge < -0.3 is 9.88 Å². The fourth-order valence-corrected chi connectivity index (χ4v) is 3.22. The van der Waals surface area contributed by atoms with E-state index in [0.29, 0.717) is 11.1 Å². The molecule has 2 aromatic rings. The highest BCUT2D eigenvalue weighted by Gasteiger charge is 2.20. The van der Waals surface area contributed by atoms with E-state index in [1.807, 2.05) is 40.9 Å². The van der Waals surface area contributed by atoms with Gasteiger partial charge in [0.2, 0.25) is 5.56 Å². The van der Waals surface area contributed by atoms with E-state index in [4.69, 9.17) is 0 Å².